The fourth-order valence-electron chi connectivity index (χ4n) is 2.13. The molecule has 0 atom stereocenters. The molecule has 0 bridgehead atoms. The topological polar surface area (TPSA) is 109 Å². The lowest BCUT2D eigenvalue weighted by atomic mass is 10.2. The molecule has 2 N–H and O–H groups in total. The van der Waals surface area contributed by atoms with E-state index in [1.807, 2.05) is 0 Å². The standard InChI is InChI=1S/C13H11N3O4S3/c1-6-7(2)21-12(10(6)13(17)18)16-23(19,20)9-5-3-4-8-11(9)15-22-14-8/h3-5,16H,1-2H3,(H,17,18). The van der Waals surface area contributed by atoms with Gasteiger partial charge in [-0.15, -0.1) is 11.3 Å². The quantitative estimate of drug-likeness (QED) is 0.732. The summed E-state index contributed by atoms with van der Waals surface area (Å²) in [5, 5.41) is 9.41. The minimum atomic E-state index is -3.97. The van der Waals surface area contributed by atoms with Crippen molar-refractivity contribution in [1.82, 2.24) is 8.75 Å². The smallest absolute Gasteiger partial charge is 0.339 e. The molecule has 0 aliphatic rings. The molecule has 0 aliphatic heterocycles. The van der Waals surface area contributed by atoms with Crippen molar-refractivity contribution in [3.63, 3.8) is 0 Å². The van der Waals surface area contributed by atoms with Crippen LogP contribution >= 0.6 is 23.1 Å². The Labute approximate surface area is 140 Å². The van der Waals surface area contributed by atoms with E-state index in [1.165, 1.54) is 6.07 Å². The lowest BCUT2D eigenvalue weighted by molar-refractivity contribution is 0.0697. The summed E-state index contributed by atoms with van der Waals surface area (Å²) in [6.07, 6.45) is 0. The van der Waals surface area contributed by atoms with Crippen molar-refractivity contribution in [1.29, 1.82) is 0 Å². The zero-order chi connectivity index (χ0) is 16.8. The molecule has 0 radical (unpaired) electrons. The Bertz CT molecular complexity index is 1020. The number of benzene rings is 1. The number of anilines is 1. The molecule has 10 heteroatoms. The van der Waals surface area contributed by atoms with Crippen molar-refractivity contribution in [2.24, 2.45) is 0 Å². The molecule has 3 aromatic rings. The second-order valence-corrected chi connectivity index (χ2v) is 8.19. The van der Waals surface area contributed by atoms with Crippen molar-refractivity contribution in [3.05, 3.63) is 34.2 Å². The number of thiophene rings is 1. The number of fused-ring (bicyclic) bond motifs is 1. The normalized spacial score (nSPS) is 11.7. The van der Waals surface area contributed by atoms with Crippen LogP contribution in [0.25, 0.3) is 11.0 Å². The molecule has 2 heterocycles. The minimum Gasteiger partial charge on any atom is -0.478 e. The number of aryl methyl sites for hydroxylation is 1. The van der Waals surface area contributed by atoms with Gasteiger partial charge in [0.2, 0.25) is 0 Å². The number of rotatable bonds is 4. The van der Waals surface area contributed by atoms with Crippen LogP contribution in [0.3, 0.4) is 0 Å². The van der Waals surface area contributed by atoms with Crippen LogP contribution in [0.15, 0.2) is 23.1 Å². The van der Waals surface area contributed by atoms with Crippen molar-refractivity contribution in [3.8, 4) is 0 Å². The summed E-state index contributed by atoms with van der Waals surface area (Å²) >= 11 is 2.01. The lowest BCUT2D eigenvalue weighted by Gasteiger charge is -2.07. The first-order valence-corrected chi connectivity index (χ1v) is 9.41. The van der Waals surface area contributed by atoms with E-state index in [0.29, 0.717) is 11.1 Å². The van der Waals surface area contributed by atoms with Crippen molar-refractivity contribution < 1.29 is 18.3 Å². The van der Waals surface area contributed by atoms with Gasteiger partial charge in [0.05, 0.1) is 17.3 Å². The van der Waals surface area contributed by atoms with Gasteiger partial charge in [-0.25, -0.2) is 13.2 Å². The van der Waals surface area contributed by atoms with Crippen molar-refractivity contribution in [2.45, 2.75) is 18.7 Å². The highest BCUT2D eigenvalue weighted by Gasteiger charge is 2.25. The van der Waals surface area contributed by atoms with Crippen molar-refractivity contribution in [2.75, 3.05) is 4.72 Å². The average molecular weight is 369 g/mol. The van der Waals surface area contributed by atoms with E-state index < -0.39 is 16.0 Å². The van der Waals surface area contributed by atoms with E-state index in [1.54, 1.807) is 26.0 Å². The van der Waals surface area contributed by atoms with E-state index >= 15 is 0 Å². The number of aromatic nitrogens is 2. The van der Waals surface area contributed by atoms with Crippen LogP contribution in [0.4, 0.5) is 5.00 Å². The molecule has 1 aromatic carbocycles. The number of hydrogen-bond acceptors (Lipinski definition) is 7. The SMILES string of the molecule is Cc1sc(NS(=O)(=O)c2cccc3nsnc23)c(C(=O)O)c1C. The van der Waals surface area contributed by atoms with E-state index in [-0.39, 0.29) is 21.0 Å². The highest BCUT2D eigenvalue weighted by Crippen LogP contribution is 2.34. The molecule has 23 heavy (non-hydrogen) atoms. The number of carboxylic acids is 1. The molecule has 0 saturated carbocycles. The average Bonchev–Trinajstić information content (AvgIpc) is 3.03. The summed E-state index contributed by atoms with van der Waals surface area (Å²) in [6.45, 7) is 3.40. The highest BCUT2D eigenvalue weighted by atomic mass is 32.2. The van der Waals surface area contributed by atoms with Crippen LogP contribution in [0.1, 0.15) is 20.8 Å². The second-order valence-electron chi connectivity index (χ2n) is 4.79. The maximum Gasteiger partial charge on any atom is 0.339 e. The highest BCUT2D eigenvalue weighted by molar-refractivity contribution is 7.93. The number of carbonyl (C=O) groups is 1. The van der Waals surface area contributed by atoms with Crippen LogP contribution in [-0.4, -0.2) is 28.2 Å². The number of sulfonamides is 1. The Hall–Kier alpha value is -2.04. The Balaban J connectivity index is 2.11. The molecule has 0 spiro atoms. The molecule has 0 saturated heterocycles. The molecule has 2 aromatic heterocycles. The first kappa shape index (κ1) is 15.8. The van der Waals surface area contributed by atoms with E-state index in [2.05, 4.69) is 13.5 Å². The van der Waals surface area contributed by atoms with Crippen LogP contribution in [0.5, 0.6) is 0 Å². The number of aromatic carboxylic acids is 1. The van der Waals surface area contributed by atoms with Gasteiger partial charge in [-0.1, -0.05) is 6.07 Å². The van der Waals surface area contributed by atoms with Crippen LogP contribution in [0.2, 0.25) is 0 Å². The molecular weight excluding hydrogens is 358 g/mol. The summed E-state index contributed by atoms with van der Waals surface area (Å²) < 4.78 is 35.7. The van der Waals surface area contributed by atoms with E-state index in [9.17, 15) is 18.3 Å². The molecular formula is C13H11N3O4S3. The number of nitrogens with zero attached hydrogens (tertiary/aromatic N) is 2. The first-order chi connectivity index (χ1) is 10.8. The summed E-state index contributed by atoms with van der Waals surface area (Å²) in [7, 11) is -3.97. The van der Waals surface area contributed by atoms with Gasteiger partial charge in [-0.05, 0) is 31.5 Å². The van der Waals surface area contributed by atoms with E-state index in [0.717, 1.165) is 27.9 Å². The zero-order valence-corrected chi connectivity index (χ0v) is 14.5. The Kier molecular flexibility index (Phi) is 3.82. The summed E-state index contributed by atoms with van der Waals surface area (Å²) in [5.74, 6) is -1.17. The van der Waals surface area contributed by atoms with Crippen LogP contribution < -0.4 is 4.72 Å². The van der Waals surface area contributed by atoms with Crippen molar-refractivity contribution >= 4 is 55.1 Å². The molecule has 0 aliphatic carbocycles. The second kappa shape index (κ2) is 5.55. The predicted octanol–water partition coefficient (Wildman–Crippen LogP) is 2.87. The lowest BCUT2D eigenvalue weighted by Crippen LogP contribution is -2.15. The van der Waals surface area contributed by atoms with Gasteiger partial charge in [0, 0.05) is 4.88 Å². The summed E-state index contributed by atoms with van der Waals surface area (Å²) in [5.41, 5.74) is 1.27. The van der Waals surface area contributed by atoms with Gasteiger partial charge in [-0.2, -0.15) is 8.75 Å². The molecule has 3 rings (SSSR count). The minimum absolute atomic E-state index is 0.0243. The number of nitrogens with one attached hydrogen (secondary N) is 1. The fourth-order valence-corrected chi connectivity index (χ4v) is 5.26. The number of hydrogen-bond donors (Lipinski definition) is 2. The van der Waals surface area contributed by atoms with Gasteiger partial charge < -0.3 is 5.11 Å². The van der Waals surface area contributed by atoms with Gasteiger partial charge in [0.15, 0.2) is 0 Å². The molecule has 7 nitrogen and oxygen atoms in total. The van der Waals surface area contributed by atoms with Gasteiger partial charge in [-0.3, -0.25) is 4.72 Å². The third kappa shape index (κ3) is 2.69. The summed E-state index contributed by atoms with van der Waals surface area (Å²) in [6, 6.07) is 4.65. The number of carboxylic acid groups (broad SMARTS) is 1. The zero-order valence-electron chi connectivity index (χ0n) is 12.0. The molecule has 0 amide bonds. The van der Waals surface area contributed by atoms with Crippen LogP contribution in [-0.2, 0) is 10.0 Å². The largest absolute Gasteiger partial charge is 0.478 e. The first-order valence-electron chi connectivity index (χ1n) is 6.38. The van der Waals surface area contributed by atoms with Gasteiger partial charge in [0.25, 0.3) is 10.0 Å². The Morgan fingerprint density at radius 2 is 2.00 bits per heavy atom. The third-order valence-electron chi connectivity index (χ3n) is 3.36. The maximum atomic E-state index is 12.6. The monoisotopic (exact) mass is 369 g/mol. The van der Waals surface area contributed by atoms with E-state index in [4.69, 9.17) is 0 Å². The Morgan fingerprint density at radius 3 is 2.70 bits per heavy atom. The molecule has 120 valence electrons. The van der Waals surface area contributed by atoms with Crippen LogP contribution in [0, 0.1) is 13.8 Å². The predicted molar refractivity (Wildman–Crippen MR) is 89.0 cm³/mol. The molecule has 0 fully saturated rings. The maximum absolute atomic E-state index is 12.6. The summed E-state index contributed by atoms with van der Waals surface area (Å²) in [4.78, 5) is 12.1. The molecule has 0 unspecified atom stereocenters. The Morgan fingerprint density at radius 1 is 1.26 bits per heavy atom. The fraction of sp³-hybridized carbons (Fsp3) is 0.154. The third-order valence-corrected chi connectivity index (χ3v) is 6.54. The van der Waals surface area contributed by atoms with Gasteiger partial charge >= 0.3 is 5.97 Å². The van der Waals surface area contributed by atoms with Gasteiger partial charge in [0.1, 0.15) is 20.9 Å².